The van der Waals surface area contributed by atoms with Crippen molar-refractivity contribution in [3.8, 4) is 16.9 Å². The average Bonchev–Trinajstić information content (AvgIpc) is 3.28. The van der Waals surface area contributed by atoms with Gasteiger partial charge in [0.25, 0.3) is 5.91 Å². The van der Waals surface area contributed by atoms with Crippen LogP contribution in [0.25, 0.3) is 16.9 Å². The van der Waals surface area contributed by atoms with Crippen molar-refractivity contribution in [3.63, 3.8) is 0 Å². The molecule has 0 radical (unpaired) electrons. The van der Waals surface area contributed by atoms with Crippen LogP contribution in [0, 0.1) is 0 Å². The Morgan fingerprint density at radius 3 is 2.32 bits per heavy atom. The van der Waals surface area contributed by atoms with Crippen LogP contribution in [0.4, 0.5) is 0 Å². The summed E-state index contributed by atoms with van der Waals surface area (Å²) in [6.07, 6.45) is 3.48. The van der Waals surface area contributed by atoms with Gasteiger partial charge < -0.3 is 15.1 Å². The smallest absolute Gasteiger partial charge is 0.307 e. The molecule has 38 heavy (non-hydrogen) atoms. The van der Waals surface area contributed by atoms with Crippen molar-refractivity contribution in [1.82, 2.24) is 19.7 Å². The van der Waals surface area contributed by atoms with Gasteiger partial charge in [0.1, 0.15) is 0 Å². The van der Waals surface area contributed by atoms with Crippen LogP contribution in [0.1, 0.15) is 34.5 Å². The van der Waals surface area contributed by atoms with E-state index in [4.69, 9.17) is 23.2 Å². The van der Waals surface area contributed by atoms with E-state index in [-0.39, 0.29) is 24.3 Å². The maximum absolute atomic E-state index is 13.8. The summed E-state index contributed by atoms with van der Waals surface area (Å²) < 4.78 is 1.52. The molecular weight excluding hydrogens is 527 g/mol. The number of halogens is 2. The Morgan fingerprint density at radius 2 is 1.68 bits per heavy atom. The van der Waals surface area contributed by atoms with Gasteiger partial charge in [-0.2, -0.15) is 5.10 Å². The van der Waals surface area contributed by atoms with E-state index >= 15 is 0 Å². The SMILES string of the molecule is O=C(O)Cc1c(C(=O)N2CCC(O)(c3cccnc3)CC2)nn(-c2ccccc2Cl)c1-c1ccc(Cl)cc1. The number of para-hydroxylation sites is 1. The van der Waals surface area contributed by atoms with Gasteiger partial charge in [0.05, 0.1) is 28.4 Å². The second-order valence-electron chi connectivity index (χ2n) is 9.18. The van der Waals surface area contributed by atoms with Gasteiger partial charge in [-0.15, -0.1) is 0 Å². The molecule has 194 valence electrons. The number of carboxylic acids is 1. The van der Waals surface area contributed by atoms with Crippen molar-refractivity contribution in [2.45, 2.75) is 24.9 Å². The van der Waals surface area contributed by atoms with Crippen molar-refractivity contribution in [2.75, 3.05) is 13.1 Å². The highest BCUT2D eigenvalue weighted by Crippen LogP contribution is 2.36. The standard InChI is InChI=1S/C28H24Cl2N4O4/c29-20-9-7-18(8-10-20)26-21(16-24(35)36)25(32-34(26)23-6-2-1-5-22(23)30)27(37)33-14-11-28(38,12-15-33)19-4-3-13-31-17-19/h1-10,13,17,38H,11-12,14-16H2,(H,35,36). The third-order valence-corrected chi connectivity index (χ3v) is 7.36. The Hall–Kier alpha value is -3.72. The summed E-state index contributed by atoms with van der Waals surface area (Å²) in [4.78, 5) is 31.5. The van der Waals surface area contributed by atoms with Crippen LogP contribution in [0.2, 0.25) is 10.0 Å². The molecule has 1 aliphatic rings. The summed E-state index contributed by atoms with van der Waals surface area (Å²) in [7, 11) is 0. The van der Waals surface area contributed by atoms with Gasteiger partial charge in [0, 0.05) is 47.2 Å². The normalized spacial score (nSPS) is 14.9. The lowest BCUT2D eigenvalue weighted by atomic mass is 9.85. The zero-order valence-corrected chi connectivity index (χ0v) is 21.7. The Balaban J connectivity index is 1.57. The quantitative estimate of drug-likeness (QED) is 0.350. The van der Waals surface area contributed by atoms with E-state index in [2.05, 4.69) is 10.1 Å². The number of carboxylic acid groups (broad SMARTS) is 1. The molecule has 1 saturated heterocycles. The molecule has 1 amide bonds. The predicted molar refractivity (Wildman–Crippen MR) is 144 cm³/mol. The van der Waals surface area contributed by atoms with Crippen molar-refractivity contribution < 1.29 is 19.8 Å². The average molecular weight is 551 g/mol. The predicted octanol–water partition coefficient (Wildman–Crippen LogP) is 4.99. The first-order valence-electron chi connectivity index (χ1n) is 12.0. The zero-order chi connectivity index (χ0) is 26.9. The van der Waals surface area contributed by atoms with Crippen LogP contribution in [-0.4, -0.2) is 54.8 Å². The Morgan fingerprint density at radius 1 is 0.974 bits per heavy atom. The number of hydrogen-bond donors (Lipinski definition) is 2. The monoisotopic (exact) mass is 550 g/mol. The van der Waals surface area contributed by atoms with Crippen molar-refractivity contribution in [1.29, 1.82) is 0 Å². The number of amides is 1. The summed E-state index contributed by atoms with van der Waals surface area (Å²) in [6, 6.07) is 17.5. The number of benzene rings is 2. The first-order valence-corrected chi connectivity index (χ1v) is 12.8. The van der Waals surface area contributed by atoms with E-state index in [0.717, 1.165) is 0 Å². The molecule has 4 aromatic rings. The molecule has 2 aromatic heterocycles. The molecule has 2 N–H and O–H groups in total. The molecule has 2 aromatic carbocycles. The number of pyridine rings is 1. The maximum atomic E-state index is 13.8. The van der Waals surface area contributed by atoms with Gasteiger partial charge in [0.15, 0.2) is 5.69 Å². The number of aromatic nitrogens is 3. The van der Waals surface area contributed by atoms with Gasteiger partial charge in [-0.05, 0) is 43.2 Å². The molecule has 0 bridgehead atoms. The largest absolute Gasteiger partial charge is 0.481 e. The molecule has 8 nitrogen and oxygen atoms in total. The van der Waals surface area contributed by atoms with E-state index in [0.29, 0.717) is 45.4 Å². The number of carbonyl (C=O) groups is 2. The van der Waals surface area contributed by atoms with Crippen LogP contribution in [0.5, 0.6) is 0 Å². The van der Waals surface area contributed by atoms with Crippen LogP contribution in [0.15, 0.2) is 73.1 Å². The number of likely N-dealkylation sites (tertiary alicyclic amines) is 1. The van der Waals surface area contributed by atoms with E-state index in [9.17, 15) is 19.8 Å². The minimum Gasteiger partial charge on any atom is -0.481 e. The van der Waals surface area contributed by atoms with Crippen LogP contribution in [-0.2, 0) is 16.8 Å². The van der Waals surface area contributed by atoms with Crippen LogP contribution in [0.3, 0.4) is 0 Å². The fourth-order valence-electron chi connectivity index (χ4n) is 4.80. The molecule has 5 rings (SSSR count). The number of hydrogen-bond acceptors (Lipinski definition) is 5. The minimum absolute atomic E-state index is 0.0316. The first-order chi connectivity index (χ1) is 18.3. The fourth-order valence-corrected chi connectivity index (χ4v) is 5.14. The van der Waals surface area contributed by atoms with E-state index in [1.807, 2.05) is 6.07 Å². The molecule has 0 spiro atoms. The van der Waals surface area contributed by atoms with Gasteiger partial charge in [0.2, 0.25) is 0 Å². The van der Waals surface area contributed by atoms with E-state index in [1.54, 1.807) is 71.9 Å². The third-order valence-electron chi connectivity index (χ3n) is 6.79. The highest BCUT2D eigenvalue weighted by molar-refractivity contribution is 6.32. The number of nitrogens with zero attached hydrogens (tertiary/aromatic N) is 4. The van der Waals surface area contributed by atoms with Crippen LogP contribution >= 0.6 is 23.2 Å². The molecule has 3 heterocycles. The third kappa shape index (κ3) is 5.03. The Kier molecular flexibility index (Phi) is 7.21. The summed E-state index contributed by atoms with van der Waals surface area (Å²) in [5.74, 6) is -1.51. The fraction of sp³-hybridized carbons (Fsp3) is 0.214. The summed E-state index contributed by atoms with van der Waals surface area (Å²) in [6.45, 7) is 0.540. The number of aliphatic carboxylic acids is 1. The van der Waals surface area contributed by atoms with E-state index < -0.39 is 23.9 Å². The molecule has 10 heteroatoms. The minimum atomic E-state index is -1.10. The summed E-state index contributed by atoms with van der Waals surface area (Å²) in [5, 5.41) is 26.5. The van der Waals surface area contributed by atoms with Gasteiger partial charge >= 0.3 is 5.97 Å². The topological polar surface area (TPSA) is 109 Å². The van der Waals surface area contributed by atoms with Crippen molar-refractivity contribution in [2.24, 2.45) is 0 Å². The molecule has 0 saturated carbocycles. The van der Waals surface area contributed by atoms with Crippen molar-refractivity contribution in [3.05, 3.63) is 99.9 Å². The number of carbonyl (C=O) groups excluding carboxylic acids is 1. The second kappa shape index (κ2) is 10.6. The molecule has 1 fully saturated rings. The van der Waals surface area contributed by atoms with E-state index in [1.165, 1.54) is 4.68 Å². The molecule has 1 aliphatic heterocycles. The number of aliphatic hydroxyl groups is 1. The highest BCUT2D eigenvalue weighted by atomic mass is 35.5. The maximum Gasteiger partial charge on any atom is 0.307 e. The second-order valence-corrected chi connectivity index (χ2v) is 10.0. The molecule has 0 aliphatic carbocycles. The van der Waals surface area contributed by atoms with Gasteiger partial charge in [-0.3, -0.25) is 14.6 Å². The molecule has 0 unspecified atom stereocenters. The van der Waals surface area contributed by atoms with Gasteiger partial charge in [-0.25, -0.2) is 4.68 Å². The number of rotatable bonds is 6. The summed E-state index contributed by atoms with van der Waals surface area (Å²) in [5.41, 5.74) is 1.51. The first kappa shape index (κ1) is 25.9. The zero-order valence-electron chi connectivity index (χ0n) is 20.2. The molecule has 0 atom stereocenters. The Bertz CT molecular complexity index is 1480. The summed E-state index contributed by atoms with van der Waals surface area (Å²) >= 11 is 12.6. The number of piperidine rings is 1. The van der Waals surface area contributed by atoms with Crippen molar-refractivity contribution >= 4 is 35.1 Å². The van der Waals surface area contributed by atoms with Gasteiger partial charge in [-0.1, -0.05) is 53.5 Å². The van der Waals surface area contributed by atoms with Crippen LogP contribution < -0.4 is 0 Å². The lowest BCUT2D eigenvalue weighted by Gasteiger charge is -2.38. The lowest BCUT2D eigenvalue weighted by molar-refractivity contribution is -0.136. The highest BCUT2D eigenvalue weighted by Gasteiger charge is 2.38. The lowest BCUT2D eigenvalue weighted by Crippen LogP contribution is -2.45. The molecular formula is C28H24Cl2N4O4. The Labute approximate surface area is 229 Å².